The van der Waals surface area contributed by atoms with Crippen molar-refractivity contribution in [2.24, 2.45) is 16.3 Å². The van der Waals surface area contributed by atoms with Crippen LogP contribution < -0.4 is 16.4 Å². The third-order valence-corrected chi connectivity index (χ3v) is 3.54. The minimum atomic E-state index is -1.07. The fourth-order valence-corrected chi connectivity index (χ4v) is 1.50. The maximum Gasteiger partial charge on any atom is 0.233 e. The zero-order chi connectivity index (χ0) is 15.8. The molecule has 0 fully saturated rings. The molecule has 0 aromatic heterocycles. The molecule has 0 bridgehead atoms. The molecule has 0 rings (SSSR count). The largest absolute Gasteiger partial charge is 0.409 e. The molecule has 0 heterocycles. The Labute approximate surface area is 120 Å². The van der Waals surface area contributed by atoms with Crippen LogP contribution in [-0.2, 0) is 9.59 Å². The van der Waals surface area contributed by atoms with E-state index in [0.717, 1.165) is 6.42 Å². The van der Waals surface area contributed by atoms with E-state index in [4.69, 9.17) is 10.9 Å². The highest BCUT2D eigenvalue weighted by Crippen LogP contribution is 2.21. The molecule has 116 valence electrons. The molecule has 0 aliphatic heterocycles. The number of hydrogen-bond donors (Lipinski definition) is 4. The first-order chi connectivity index (χ1) is 9.31. The monoisotopic (exact) mass is 286 g/mol. The molecule has 0 radical (unpaired) electrons. The molecule has 0 aromatic rings. The Morgan fingerprint density at radius 1 is 1.40 bits per heavy atom. The smallest absolute Gasteiger partial charge is 0.233 e. The van der Waals surface area contributed by atoms with Gasteiger partial charge in [0.1, 0.15) is 5.41 Å². The summed E-state index contributed by atoms with van der Waals surface area (Å²) in [7, 11) is 0. The number of nitrogens with zero attached hydrogens (tertiary/aromatic N) is 1. The van der Waals surface area contributed by atoms with Gasteiger partial charge in [0.25, 0.3) is 0 Å². The normalized spacial score (nSPS) is 16.1. The van der Waals surface area contributed by atoms with Gasteiger partial charge in [-0.25, -0.2) is 0 Å². The first kappa shape index (κ1) is 18.2. The minimum Gasteiger partial charge on any atom is -0.409 e. The molecular weight excluding hydrogens is 260 g/mol. The lowest BCUT2D eigenvalue weighted by Crippen LogP contribution is -2.48. The lowest BCUT2D eigenvalue weighted by Gasteiger charge is -2.25. The summed E-state index contributed by atoms with van der Waals surface area (Å²) in [5.41, 5.74) is 4.47. The van der Waals surface area contributed by atoms with Gasteiger partial charge in [0.05, 0.1) is 0 Å². The Bertz CT molecular complexity index is 371. The lowest BCUT2D eigenvalue weighted by molar-refractivity contribution is -0.127. The van der Waals surface area contributed by atoms with Gasteiger partial charge >= 0.3 is 0 Å². The van der Waals surface area contributed by atoms with Crippen LogP contribution in [0.2, 0.25) is 0 Å². The number of amidine groups is 1. The van der Waals surface area contributed by atoms with Crippen LogP contribution in [0.1, 0.15) is 47.0 Å². The van der Waals surface area contributed by atoms with Crippen molar-refractivity contribution >= 4 is 17.6 Å². The van der Waals surface area contributed by atoms with Crippen molar-refractivity contribution in [1.29, 1.82) is 0 Å². The summed E-state index contributed by atoms with van der Waals surface area (Å²) in [6.45, 7) is 7.48. The third-order valence-electron chi connectivity index (χ3n) is 3.54. The molecule has 0 saturated carbocycles. The topological polar surface area (TPSA) is 117 Å². The van der Waals surface area contributed by atoms with Crippen LogP contribution in [0.5, 0.6) is 0 Å². The van der Waals surface area contributed by atoms with E-state index >= 15 is 0 Å². The predicted molar refractivity (Wildman–Crippen MR) is 77.3 cm³/mol. The first-order valence-corrected chi connectivity index (χ1v) is 6.87. The van der Waals surface area contributed by atoms with E-state index < -0.39 is 5.41 Å². The van der Waals surface area contributed by atoms with Crippen LogP contribution in [0.4, 0.5) is 0 Å². The summed E-state index contributed by atoms with van der Waals surface area (Å²) in [4.78, 5) is 23.6. The average molecular weight is 286 g/mol. The second-order valence-electron chi connectivity index (χ2n) is 5.05. The number of amides is 2. The maximum atomic E-state index is 12.0. The highest BCUT2D eigenvalue weighted by Gasteiger charge is 2.36. The van der Waals surface area contributed by atoms with Crippen molar-refractivity contribution in [2.45, 2.75) is 53.0 Å². The summed E-state index contributed by atoms with van der Waals surface area (Å²) >= 11 is 0. The second kappa shape index (κ2) is 8.39. The van der Waals surface area contributed by atoms with E-state index in [9.17, 15) is 9.59 Å². The standard InChI is InChI=1S/C13H26N4O3/c1-5-9(3)16-10(18)7-8-15-12(19)13(4,6-2)11(14)17-20/h9,20H,5-8H2,1-4H3,(H2,14,17)(H,15,19)(H,16,18). The van der Waals surface area contributed by atoms with Crippen molar-refractivity contribution in [1.82, 2.24) is 10.6 Å². The van der Waals surface area contributed by atoms with Crippen LogP contribution in [0, 0.1) is 5.41 Å². The Balaban J connectivity index is 4.32. The number of carbonyl (C=O) groups is 2. The number of nitrogens with one attached hydrogen (secondary N) is 2. The quantitative estimate of drug-likeness (QED) is 0.226. The zero-order valence-corrected chi connectivity index (χ0v) is 12.7. The van der Waals surface area contributed by atoms with Gasteiger partial charge in [-0.2, -0.15) is 0 Å². The van der Waals surface area contributed by atoms with E-state index in [1.807, 2.05) is 13.8 Å². The zero-order valence-electron chi connectivity index (χ0n) is 12.7. The fourth-order valence-electron chi connectivity index (χ4n) is 1.50. The molecule has 0 spiro atoms. The van der Waals surface area contributed by atoms with E-state index in [0.29, 0.717) is 6.42 Å². The van der Waals surface area contributed by atoms with Gasteiger partial charge in [0.15, 0.2) is 5.84 Å². The molecule has 7 heteroatoms. The van der Waals surface area contributed by atoms with E-state index in [1.165, 1.54) is 0 Å². The molecule has 0 aliphatic rings. The third kappa shape index (κ3) is 5.07. The molecule has 0 aromatic carbocycles. The van der Waals surface area contributed by atoms with Crippen molar-refractivity contribution < 1.29 is 14.8 Å². The van der Waals surface area contributed by atoms with Crippen molar-refractivity contribution in [3.63, 3.8) is 0 Å². The maximum absolute atomic E-state index is 12.0. The summed E-state index contributed by atoms with van der Waals surface area (Å²) in [5, 5.41) is 17.1. The van der Waals surface area contributed by atoms with Gasteiger partial charge in [-0.3, -0.25) is 9.59 Å². The van der Waals surface area contributed by atoms with Gasteiger partial charge in [-0.05, 0) is 26.7 Å². The molecular formula is C13H26N4O3. The SMILES string of the molecule is CCC(C)NC(=O)CCNC(=O)C(C)(CC)C(N)=NO. The number of hydrogen-bond acceptors (Lipinski definition) is 4. The van der Waals surface area contributed by atoms with Crippen molar-refractivity contribution in [2.75, 3.05) is 6.54 Å². The minimum absolute atomic E-state index is 0.110. The molecule has 20 heavy (non-hydrogen) atoms. The summed E-state index contributed by atoms with van der Waals surface area (Å²) in [6, 6.07) is 0.122. The van der Waals surface area contributed by atoms with E-state index in [2.05, 4.69) is 15.8 Å². The predicted octanol–water partition coefficient (Wildman–Crippen LogP) is 0.570. The molecule has 2 amide bonds. The van der Waals surface area contributed by atoms with Crippen LogP contribution in [0.25, 0.3) is 0 Å². The summed E-state index contributed by atoms with van der Waals surface area (Å²) in [6.07, 6.45) is 1.45. The molecule has 2 unspecified atom stereocenters. The molecule has 5 N–H and O–H groups in total. The van der Waals surface area contributed by atoms with Crippen LogP contribution in [-0.4, -0.2) is 35.4 Å². The summed E-state index contributed by atoms with van der Waals surface area (Å²) < 4.78 is 0. The van der Waals surface area contributed by atoms with Crippen LogP contribution in [0.15, 0.2) is 5.16 Å². The number of rotatable bonds is 8. The Hall–Kier alpha value is -1.79. The van der Waals surface area contributed by atoms with Gasteiger partial charge in [0, 0.05) is 19.0 Å². The van der Waals surface area contributed by atoms with E-state index in [1.54, 1.807) is 13.8 Å². The van der Waals surface area contributed by atoms with Gasteiger partial charge < -0.3 is 21.6 Å². The van der Waals surface area contributed by atoms with Crippen LogP contribution >= 0.6 is 0 Å². The first-order valence-electron chi connectivity index (χ1n) is 6.87. The Morgan fingerprint density at radius 3 is 2.45 bits per heavy atom. The molecule has 0 aliphatic carbocycles. The molecule has 7 nitrogen and oxygen atoms in total. The second-order valence-corrected chi connectivity index (χ2v) is 5.05. The highest BCUT2D eigenvalue weighted by atomic mass is 16.4. The molecule has 2 atom stereocenters. The number of carbonyl (C=O) groups excluding carboxylic acids is 2. The van der Waals surface area contributed by atoms with Gasteiger partial charge in [0.2, 0.25) is 11.8 Å². The summed E-state index contributed by atoms with van der Waals surface area (Å²) in [5.74, 6) is -0.602. The Kier molecular flexibility index (Phi) is 7.64. The Morgan fingerprint density at radius 2 is 2.00 bits per heavy atom. The number of oxime groups is 1. The van der Waals surface area contributed by atoms with Crippen molar-refractivity contribution in [3.8, 4) is 0 Å². The average Bonchev–Trinajstić information content (AvgIpc) is 2.44. The highest BCUT2D eigenvalue weighted by molar-refractivity contribution is 6.06. The van der Waals surface area contributed by atoms with E-state index in [-0.39, 0.29) is 36.7 Å². The number of nitrogens with two attached hydrogens (primary N) is 1. The van der Waals surface area contributed by atoms with Crippen molar-refractivity contribution in [3.05, 3.63) is 0 Å². The molecule has 0 saturated heterocycles. The van der Waals surface area contributed by atoms with Crippen LogP contribution in [0.3, 0.4) is 0 Å². The van der Waals surface area contributed by atoms with Gasteiger partial charge in [-0.15, -0.1) is 0 Å². The fraction of sp³-hybridized carbons (Fsp3) is 0.769. The van der Waals surface area contributed by atoms with Gasteiger partial charge in [-0.1, -0.05) is 19.0 Å². The lowest BCUT2D eigenvalue weighted by atomic mass is 9.85.